The van der Waals surface area contributed by atoms with E-state index >= 15 is 0 Å². The van der Waals surface area contributed by atoms with Crippen LogP contribution in [0, 0.1) is 0 Å². The molecule has 2 heterocycles. The maximum Gasteiger partial charge on any atom is 0.418 e. The van der Waals surface area contributed by atoms with E-state index in [2.05, 4.69) is 5.32 Å². The number of morpholine rings is 1. The zero-order valence-electron chi connectivity index (χ0n) is 17.4. The second-order valence-electron chi connectivity index (χ2n) is 8.28. The van der Waals surface area contributed by atoms with Crippen LogP contribution < -0.4 is 10.2 Å². The summed E-state index contributed by atoms with van der Waals surface area (Å²) in [6.45, 7) is 2.00. The summed E-state index contributed by atoms with van der Waals surface area (Å²) in [5.41, 5.74) is 3.26. The van der Waals surface area contributed by atoms with Gasteiger partial charge in [0.1, 0.15) is 5.58 Å². The van der Waals surface area contributed by atoms with Crippen LogP contribution in [0.1, 0.15) is 28.7 Å². The smallest absolute Gasteiger partial charge is 0.418 e. The number of rotatable bonds is 4. The second-order valence-corrected chi connectivity index (χ2v) is 8.28. The number of alkyl halides is 3. The quantitative estimate of drug-likeness (QED) is 0.618. The molecule has 2 aromatic carbocycles. The summed E-state index contributed by atoms with van der Waals surface area (Å²) in [5.74, 6) is -0.516. The molecule has 0 radical (unpaired) electrons. The van der Waals surface area contributed by atoms with Gasteiger partial charge in [0, 0.05) is 29.7 Å². The van der Waals surface area contributed by atoms with E-state index in [1.54, 1.807) is 6.07 Å². The Morgan fingerprint density at radius 3 is 2.56 bits per heavy atom. The Hall–Kier alpha value is -3.00. The van der Waals surface area contributed by atoms with E-state index in [0.29, 0.717) is 43.1 Å². The van der Waals surface area contributed by atoms with Gasteiger partial charge in [0.25, 0.3) is 0 Å². The molecule has 1 N–H and O–H groups in total. The normalized spacial score (nSPS) is 16.4. The van der Waals surface area contributed by atoms with Gasteiger partial charge in [-0.1, -0.05) is 0 Å². The molecular formula is C24H23F3N2O3. The fourth-order valence-corrected chi connectivity index (χ4v) is 4.55. The van der Waals surface area contributed by atoms with Crippen LogP contribution in [0.4, 0.5) is 24.5 Å². The number of amides is 1. The van der Waals surface area contributed by atoms with Crippen molar-refractivity contribution >= 4 is 28.3 Å². The summed E-state index contributed by atoms with van der Waals surface area (Å²) in [7, 11) is 0. The molecule has 0 bridgehead atoms. The van der Waals surface area contributed by atoms with Crippen LogP contribution in [0.25, 0.3) is 11.0 Å². The van der Waals surface area contributed by atoms with Gasteiger partial charge in [-0.3, -0.25) is 4.79 Å². The van der Waals surface area contributed by atoms with E-state index in [9.17, 15) is 18.0 Å². The minimum atomic E-state index is -4.59. The monoisotopic (exact) mass is 444 g/mol. The molecule has 1 aliphatic heterocycles. The molecule has 1 aromatic heterocycles. The molecule has 32 heavy (non-hydrogen) atoms. The number of furan rings is 1. The molecule has 1 fully saturated rings. The van der Waals surface area contributed by atoms with Gasteiger partial charge in [0.05, 0.1) is 37.1 Å². The van der Waals surface area contributed by atoms with Crippen molar-refractivity contribution in [2.24, 2.45) is 0 Å². The van der Waals surface area contributed by atoms with Crippen molar-refractivity contribution in [3.8, 4) is 0 Å². The molecule has 1 aliphatic carbocycles. The van der Waals surface area contributed by atoms with Crippen LogP contribution in [0.2, 0.25) is 0 Å². The van der Waals surface area contributed by atoms with Crippen molar-refractivity contribution in [1.29, 1.82) is 0 Å². The maximum atomic E-state index is 13.7. The minimum Gasteiger partial charge on any atom is -0.464 e. The molecule has 0 spiro atoms. The van der Waals surface area contributed by atoms with E-state index in [4.69, 9.17) is 9.15 Å². The summed E-state index contributed by atoms with van der Waals surface area (Å²) in [4.78, 5) is 14.5. The van der Waals surface area contributed by atoms with Gasteiger partial charge in [-0.15, -0.1) is 0 Å². The molecule has 0 saturated carbocycles. The SMILES string of the molecule is O=C(Cc1coc2cc3c(cc12)CCC3)Nc1ccc(N2CCOCC2)cc1C(F)(F)F. The molecule has 2 aliphatic rings. The number of carbonyl (C=O) groups is 1. The first-order valence-electron chi connectivity index (χ1n) is 10.7. The first-order valence-corrected chi connectivity index (χ1v) is 10.7. The van der Waals surface area contributed by atoms with Crippen LogP contribution >= 0.6 is 0 Å². The van der Waals surface area contributed by atoms with E-state index in [1.165, 1.54) is 23.5 Å². The van der Waals surface area contributed by atoms with Crippen molar-refractivity contribution in [3.63, 3.8) is 0 Å². The Balaban J connectivity index is 1.37. The number of hydrogen-bond donors (Lipinski definition) is 1. The van der Waals surface area contributed by atoms with Crippen LogP contribution in [0.5, 0.6) is 0 Å². The summed E-state index contributed by atoms with van der Waals surface area (Å²) < 4.78 is 52.1. The standard InChI is InChI=1S/C24H23F3N2O3/c25-24(26,27)20-13-18(29-6-8-31-9-7-29)4-5-21(20)28-23(30)12-17-14-32-22-11-16-3-1-2-15(16)10-19(17)22/h4-5,10-11,13-14H,1-3,6-9,12H2,(H,28,30). The number of carbonyl (C=O) groups excluding carboxylic acids is 1. The van der Waals surface area contributed by atoms with E-state index in [0.717, 1.165) is 30.7 Å². The van der Waals surface area contributed by atoms with Crippen molar-refractivity contribution in [2.45, 2.75) is 31.9 Å². The molecule has 1 amide bonds. The summed E-state index contributed by atoms with van der Waals surface area (Å²) >= 11 is 0. The van der Waals surface area contributed by atoms with Crippen molar-refractivity contribution in [3.05, 3.63) is 58.8 Å². The molecular weight excluding hydrogens is 421 g/mol. The lowest BCUT2D eigenvalue weighted by atomic mass is 10.0. The predicted octanol–water partition coefficient (Wildman–Crippen LogP) is 4.96. The van der Waals surface area contributed by atoms with Gasteiger partial charge in [0.2, 0.25) is 5.91 Å². The zero-order chi connectivity index (χ0) is 22.3. The van der Waals surface area contributed by atoms with Crippen LogP contribution in [0.15, 0.2) is 41.0 Å². The summed E-state index contributed by atoms with van der Waals surface area (Å²) in [5, 5.41) is 3.31. The molecule has 1 saturated heterocycles. The van der Waals surface area contributed by atoms with Gasteiger partial charge in [-0.05, 0) is 60.7 Å². The number of anilines is 2. The fraction of sp³-hybridized carbons (Fsp3) is 0.375. The average molecular weight is 444 g/mol. The molecule has 8 heteroatoms. The number of ether oxygens (including phenoxy) is 1. The van der Waals surface area contributed by atoms with E-state index < -0.39 is 17.6 Å². The highest BCUT2D eigenvalue weighted by molar-refractivity contribution is 5.96. The number of halogens is 3. The Bertz CT molecular complexity index is 1160. The third-order valence-electron chi connectivity index (χ3n) is 6.18. The third-order valence-corrected chi connectivity index (χ3v) is 6.18. The molecule has 0 unspecified atom stereocenters. The van der Waals surface area contributed by atoms with Crippen molar-refractivity contribution in [1.82, 2.24) is 0 Å². The highest BCUT2D eigenvalue weighted by atomic mass is 19.4. The first kappa shape index (κ1) is 20.9. The van der Waals surface area contributed by atoms with Crippen molar-refractivity contribution in [2.75, 3.05) is 36.5 Å². The van der Waals surface area contributed by atoms with Crippen molar-refractivity contribution < 1.29 is 27.1 Å². The topological polar surface area (TPSA) is 54.7 Å². The van der Waals surface area contributed by atoms with Crippen LogP contribution in [-0.2, 0) is 35.0 Å². The van der Waals surface area contributed by atoms with Gasteiger partial charge in [0.15, 0.2) is 0 Å². The summed E-state index contributed by atoms with van der Waals surface area (Å²) in [6.07, 6.45) is -0.0267. The van der Waals surface area contributed by atoms with E-state index in [-0.39, 0.29) is 12.1 Å². The lowest BCUT2D eigenvalue weighted by molar-refractivity contribution is -0.136. The van der Waals surface area contributed by atoms with Gasteiger partial charge < -0.3 is 19.4 Å². The number of hydrogen-bond acceptors (Lipinski definition) is 4. The van der Waals surface area contributed by atoms with Gasteiger partial charge in [-0.2, -0.15) is 13.2 Å². The third kappa shape index (κ3) is 4.07. The number of benzene rings is 2. The highest BCUT2D eigenvalue weighted by Crippen LogP contribution is 2.38. The second kappa shape index (κ2) is 8.16. The Morgan fingerprint density at radius 2 is 1.81 bits per heavy atom. The fourth-order valence-electron chi connectivity index (χ4n) is 4.55. The summed E-state index contributed by atoms with van der Waals surface area (Å²) in [6, 6.07) is 8.07. The number of fused-ring (bicyclic) bond motifs is 2. The highest BCUT2D eigenvalue weighted by Gasteiger charge is 2.35. The average Bonchev–Trinajstić information content (AvgIpc) is 3.38. The Morgan fingerprint density at radius 1 is 1.06 bits per heavy atom. The Labute approximate surface area is 183 Å². The molecule has 168 valence electrons. The van der Waals surface area contributed by atoms with Gasteiger partial charge in [-0.25, -0.2) is 0 Å². The minimum absolute atomic E-state index is 0.0612. The molecule has 0 atom stereocenters. The number of aryl methyl sites for hydroxylation is 2. The lowest BCUT2D eigenvalue weighted by Gasteiger charge is -2.29. The molecule has 3 aromatic rings. The van der Waals surface area contributed by atoms with Crippen LogP contribution in [-0.4, -0.2) is 32.2 Å². The van der Waals surface area contributed by atoms with Crippen LogP contribution in [0.3, 0.4) is 0 Å². The first-order chi connectivity index (χ1) is 15.4. The van der Waals surface area contributed by atoms with Gasteiger partial charge >= 0.3 is 6.18 Å². The molecule has 5 nitrogen and oxygen atoms in total. The Kier molecular flexibility index (Phi) is 5.33. The van der Waals surface area contributed by atoms with E-state index in [1.807, 2.05) is 17.0 Å². The maximum absolute atomic E-state index is 13.7. The largest absolute Gasteiger partial charge is 0.464 e. The predicted molar refractivity (Wildman–Crippen MR) is 115 cm³/mol. The molecule has 5 rings (SSSR count). The number of nitrogens with zero attached hydrogens (tertiary/aromatic N) is 1. The lowest BCUT2D eigenvalue weighted by Crippen LogP contribution is -2.36. The number of nitrogens with one attached hydrogen (secondary N) is 1. The zero-order valence-corrected chi connectivity index (χ0v) is 17.4.